The summed E-state index contributed by atoms with van der Waals surface area (Å²) in [5.74, 6) is -0.489. The maximum absolute atomic E-state index is 14.0. The summed E-state index contributed by atoms with van der Waals surface area (Å²) in [6.07, 6.45) is 2.63. The smallest absolute Gasteiger partial charge is 0.220 e. The van der Waals surface area contributed by atoms with Crippen LogP contribution in [0.15, 0.2) is 67.1 Å². The minimum Gasteiger partial charge on any atom is -0.389 e. The number of pyridine rings is 1. The Bertz CT molecular complexity index is 1060. The summed E-state index contributed by atoms with van der Waals surface area (Å²) in [6, 6.07) is 16.7. The van der Waals surface area contributed by atoms with Crippen LogP contribution in [0.5, 0.6) is 0 Å². The average molecular weight is 333 g/mol. The highest BCUT2D eigenvalue weighted by Gasteiger charge is 2.10. The van der Waals surface area contributed by atoms with Crippen molar-refractivity contribution in [1.82, 2.24) is 14.5 Å². The van der Waals surface area contributed by atoms with E-state index in [1.54, 1.807) is 25.4 Å². The summed E-state index contributed by atoms with van der Waals surface area (Å²) < 4.78 is 15.9. The molecule has 1 N–H and O–H groups in total. The third kappa shape index (κ3) is 2.79. The van der Waals surface area contributed by atoms with Crippen LogP contribution >= 0.6 is 0 Å². The lowest BCUT2D eigenvalue weighted by molar-refractivity contribution is 0.199. The van der Waals surface area contributed by atoms with Crippen molar-refractivity contribution in [1.29, 1.82) is 0 Å². The summed E-state index contributed by atoms with van der Waals surface area (Å²) in [4.78, 5) is 8.14. The molecule has 4 rings (SSSR count). The Hall–Kier alpha value is -3.05. The fourth-order valence-corrected chi connectivity index (χ4v) is 2.92. The number of hydrogen-bond donors (Lipinski definition) is 1. The zero-order valence-electron chi connectivity index (χ0n) is 13.6. The highest BCUT2D eigenvalue weighted by atomic mass is 19.1. The molecule has 4 nitrogen and oxygen atoms in total. The average Bonchev–Trinajstić information content (AvgIpc) is 3.05. The Morgan fingerprint density at radius 1 is 1.04 bits per heavy atom. The third-order valence-corrected chi connectivity index (χ3v) is 4.25. The molecule has 5 heteroatoms. The topological polar surface area (TPSA) is 50.9 Å². The van der Waals surface area contributed by atoms with Gasteiger partial charge in [-0.1, -0.05) is 18.2 Å². The van der Waals surface area contributed by atoms with Gasteiger partial charge in [-0.05, 0) is 54.4 Å². The van der Waals surface area contributed by atoms with Crippen LogP contribution < -0.4 is 0 Å². The Labute approximate surface area is 144 Å². The van der Waals surface area contributed by atoms with Crippen LogP contribution in [0.2, 0.25) is 0 Å². The van der Waals surface area contributed by atoms with Gasteiger partial charge in [-0.15, -0.1) is 0 Å². The van der Waals surface area contributed by atoms with Gasteiger partial charge in [0, 0.05) is 17.4 Å². The lowest BCUT2D eigenvalue weighted by atomic mass is 10.1. The van der Waals surface area contributed by atoms with Crippen LogP contribution in [0, 0.1) is 5.95 Å². The van der Waals surface area contributed by atoms with Crippen molar-refractivity contribution in [2.24, 2.45) is 0 Å². The number of rotatable bonds is 3. The maximum Gasteiger partial charge on any atom is 0.220 e. The minimum absolute atomic E-state index is 0.463. The molecule has 2 aromatic heterocycles. The molecule has 0 aliphatic heterocycles. The van der Waals surface area contributed by atoms with Crippen LogP contribution in [0.25, 0.3) is 27.8 Å². The molecule has 2 aromatic carbocycles. The van der Waals surface area contributed by atoms with E-state index in [4.69, 9.17) is 0 Å². The van der Waals surface area contributed by atoms with Crippen LogP contribution in [-0.2, 0) is 0 Å². The number of fused-ring (bicyclic) bond motifs is 1. The number of aliphatic hydroxyl groups is 1. The normalized spacial score (nSPS) is 12.4. The van der Waals surface area contributed by atoms with E-state index in [0.29, 0.717) is 5.56 Å². The SMILES string of the molecule is CC(O)c1ccc2c(c1)ncn2-c1cccc(-c2cccnc2F)c1. The molecule has 124 valence electrons. The molecule has 0 fully saturated rings. The quantitative estimate of drug-likeness (QED) is 0.569. The lowest BCUT2D eigenvalue weighted by Gasteiger charge is -2.09. The summed E-state index contributed by atoms with van der Waals surface area (Å²) in [7, 11) is 0. The van der Waals surface area contributed by atoms with Crippen molar-refractivity contribution in [2.75, 3.05) is 0 Å². The highest BCUT2D eigenvalue weighted by Crippen LogP contribution is 2.26. The molecule has 25 heavy (non-hydrogen) atoms. The molecule has 2 heterocycles. The molecule has 0 amide bonds. The molecule has 0 saturated carbocycles. The maximum atomic E-state index is 14.0. The summed E-state index contributed by atoms with van der Waals surface area (Å²) in [6.45, 7) is 1.73. The van der Waals surface area contributed by atoms with E-state index in [-0.39, 0.29) is 0 Å². The molecule has 1 unspecified atom stereocenters. The third-order valence-electron chi connectivity index (χ3n) is 4.25. The van der Waals surface area contributed by atoms with Gasteiger partial charge >= 0.3 is 0 Å². The molecule has 0 bridgehead atoms. The lowest BCUT2D eigenvalue weighted by Crippen LogP contribution is -1.95. The second-order valence-corrected chi connectivity index (χ2v) is 5.93. The fraction of sp³-hybridized carbons (Fsp3) is 0.100. The van der Waals surface area contributed by atoms with Gasteiger partial charge in [-0.2, -0.15) is 4.39 Å². The molecular weight excluding hydrogens is 317 g/mol. The number of nitrogens with zero attached hydrogens (tertiary/aromatic N) is 3. The summed E-state index contributed by atoms with van der Waals surface area (Å²) in [5, 5.41) is 9.72. The number of aliphatic hydroxyl groups excluding tert-OH is 1. The van der Waals surface area contributed by atoms with Crippen molar-refractivity contribution in [2.45, 2.75) is 13.0 Å². The predicted octanol–water partition coefficient (Wildman–Crippen LogP) is 4.28. The second kappa shape index (κ2) is 6.11. The first-order valence-corrected chi connectivity index (χ1v) is 8.00. The molecule has 0 saturated heterocycles. The van der Waals surface area contributed by atoms with Crippen molar-refractivity contribution in [3.63, 3.8) is 0 Å². The predicted molar refractivity (Wildman–Crippen MR) is 94.9 cm³/mol. The first-order valence-electron chi connectivity index (χ1n) is 8.00. The van der Waals surface area contributed by atoms with Crippen LogP contribution in [0.4, 0.5) is 4.39 Å². The van der Waals surface area contributed by atoms with Crippen LogP contribution in [0.3, 0.4) is 0 Å². The van der Waals surface area contributed by atoms with E-state index < -0.39 is 12.1 Å². The van der Waals surface area contributed by atoms with E-state index in [0.717, 1.165) is 27.8 Å². The van der Waals surface area contributed by atoms with Crippen molar-refractivity contribution in [3.8, 4) is 16.8 Å². The number of hydrogen-bond acceptors (Lipinski definition) is 3. The van der Waals surface area contributed by atoms with Gasteiger partial charge in [0.05, 0.1) is 17.1 Å². The Morgan fingerprint density at radius 3 is 2.72 bits per heavy atom. The largest absolute Gasteiger partial charge is 0.389 e. The van der Waals surface area contributed by atoms with Gasteiger partial charge < -0.3 is 5.11 Å². The summed E-state index contributed by atoms with van der Waals surface area (Å²) in [5.41, 5.74) is 4.65. The first-order chi connectivity index (χ1) is 12.1. The van der Waals surface area contributed by atoms with Crippen LogP contribution in [0.1, 0.15) is 18.6 Å². The molecule has 0 spiro atoms. The van der Waals surface area contributed by atoms with E-state index in [1.807, 2.05) is 47.0 Å². The Kier molecular flexibility index (Phi) is 3.78. The zero-order valence-corrected chi connectivity index (χ0v) is 13.6. The van der Waals surface area contributed by atoms with Gasteiger partial charge in [0.1, 0.15) is 6.33 Å². The van der Waals surface area contributed by atoms with E-state index in [9.17, 15) is 9.50 Å². The number of imidazole rings is 1. The number of halogens is 1. The molecule has 4 aromatic rings. The van der Waals surface area contributed by atoms with Crippen molar-refractivity contribution >= 4 is 11.0 Å². The monoisotopic (exact) mass is 333 g/mol. The Morgan fingerprint density at radius 2 is 1.92 bits per heavy atom. The highest BCUT2D eigenvalue weighted by molar-refractivity contribution is 5.79. The molecule has 0 radical (unpaired) electrons. The zero-order chi connectivity index (χ0) is 17.4. The molecular formula is C20H16FN3O. The van der Waals surface area contributed by atoms with E-state index in [2.05, 4.69) is 9.97 Å². The van der Waals surface area contributed by atoms with Gasteiger partial charge in [0.15, 0.2) is 0 Å². The molecule has 0 aliphatic carbocycles. The first kappa shape index (κ1) is 15.5. The molecule has 1 atom stereocenters. The molecule has 0 aliphatic rings. The van der Waals surface area contributed by atoms with Gasteiger partial charge in [0.25, 0.3) is 0 Å². The standard InChI is InChI=1S/C20H16FN3O/c1-13(25)14-7-8-19-18(11-14)23-12-24(19)16-5-2-4-15(10-16)17-6-3-9-22-20(17)21/h2-13,25H,1H3. The van der Waals surface area contributed by atoms with Crippen LogP contribution in [-0.4, -0.2) is 19.6 Å². The number of aromatic nitrogens is 3. The van der Waals surface area contributed by atoms with Crippen molar-refractivity contribution in [3.05, 3.63) is 78.6 Å². The minimum atomic E-state index is -0.536. The number of benzene rings is 2. The van der Waals surface area contributed by atoms with Gasteiger partial charge in [-0.3, -0.25) is 4.57 Å². The second-order valence-electron chi connectivity index (χ2n) is 5.93. The van der Waals surface area contributed by atoms with Crippen molar-refractivity contribution < 1.29 is 9.50 Å². The Balaban J connectivity index is 1.82. The fourth-order valence-electron chi connectivity index (χ4n) is 2.92. The van der Waals surface area contributed by atoms with E-state index in [1.165, 1.54) is 6.20 Å². The van der Waals surface area contributed by atoms with Gasteiger partial charge in [0.2, 0.25) is 5.95 Å². The van der Waals surface area contributed by atoms with Gasteiger partial charge in [-0.25, -0.2) is 9.97 Å². The van der Waals surface area contributed by atoms with E-state index >= 15 is 0 Å². The summed E-state index contributed by atoms with van der Waals surface area (Å²) >= 11 is 0.